The first kappa shape index (κ1) is 18.6. The predicted molar refractivity (Wildman–Crippen MR) is 88.4 cm³/mol. The van der Waals surface area contributed by atoms with Gasteiger partial charge in [-0.05, 0) is 43.5 Å². The van der Waals surface area contributed by atoms with Gasteiger partial charge in [0.2, 0.25) is 0 Å². The van der Waals surface area contributed by atoms with Crippen LogP contribution in [-0.2, 0) is 20.8 Å². The zero-order valence-electron chi connectivity index (χ0n) is 14.0. The maximum absolute atomic E-state index is 13.0. The highest BCUT2D eigenvalue weighted by Crippen LogP contribution is 2.44. The molecule has 5 nitrogen and oxygen atoms in total. The van der Waals surface area contributed by atoms with Crippen molar-refractivity contribution in [3.63, 3.8) is 0 Å². The van der Waals surface area contributed by atoms with E-state index in [-0.39, 0.29) is 17.6 Å². The number of hydrogen-bond acceptors (Lipinski definition) is 3. The van der Waals surface area contributed by atoms with Gasteiger partial charge in [-0.3, -0.25) is 9.59 Å². The number of carbonyl (C=O) groups is 3. The third-order valence-electron chi connectivity index (χ3n) is 4.76. The van der Waals surface area contributed by atoms with Gasteiger partial charge >= 0.3 is 11.9 Å². The number of aliphatic carboxylic acids is 2. The average Bonchev–Trinajstić information content (AvgIpc) is 2.54. The van der Waals surface area contributed by atoms with E-state index in [0.29, 0.717) is 6.42 Å². The Hall–Kier alpha value is -2.76. The van der Waals surface area contributed by atoms with Crippen molar-refractivity contribution >= 4 is 17.7 Å². The summed E-state index contributed by atoms with van der Waals surface area (Å²) in [5.74, 6) is -4.03. The molecule has 1 aromatic rings. The number of allylic oxidation sites excluding steroid dienone is 2. The summed E-state index contributed by atoms with van der Waals surface area (Å²) in [6.07, 6.45) is 3.01. The van der Waals surface area contributed by atoms with Gasteiger partial charge in [0.05, 0.1) is 5.41 Å². The van der Waals surface area contributed by atoms with Gasteiger partial charge in [0, 0.05) is 17.1 Å². The lowest BCUT2D eigenvalue weighted by atomic mass is 9.65. The molecule has 1 aliphatic carbocycles. The Balaban J connectivity index is 2.43. The first-order valence-electron chi connectivity index (χ1n) is 7.84. The molecule has 0 saturated heterocycles. The van der Waals surface area contributed by atoms with Gasteiger partial charge < -0.3 is 10.2 Å². The smallest absolute Gasteiger partial charge is 0.331 e. The van der Waals surface area contributed by atoms with E-state index in [1.54, 1.807) is 12.1 Å². The minimum atomic E-state index is -1.52. The molecule has 6 heteroatoms. The number of benzene rings is 1. The van der Waals surface area contributed by atoms with Gasteiger partial charge in [-0.15, -0.1) is 0 Å². The quantitative estimate of drug-likeness (QED) is 0.826. The van der Waals surface area contributed by atoms with E-state index in [9.17, 15) is 29.0 Å². The number of carbonyl (C=O) groups excluding carboxylic acids is 1. The number of rotatable bonds is 6. The molecule has 0 aromatic heterocycles. The summed E-state index contributed by atoms with van der Waals surface area (Å²) in [5, 5.41) is 19.2. The molecule has 0 aliphatic heterocycles. The predicted octanol–water partition coefficient (Wildman–Crippen LogP) is 3.01. The second-order valence-corrected chi connectivity index (χ2v) is 6.25. The number of hydrogen-bond donors (Lipinski definition) is 2. The molecule has 2 atom stereocenters. The van der Waals surface area contributed by atoms with Crippen molar-refractivity contribution in [3.05, 3.63) is 58.9 Å². The lowest BCUT2D eigenvalue weighted by molar-refractivity contribution is -0.149. The highest BCUT2D eigenvalue weighted by molar-refractivity contribution is 6.01. The highest BCUT2D eigenvalue weighted by atomic mass is 19.1. The van der Waals surface area contributed by atoms with Crippen molar-refractivity contribution in [1.82, 2.24) is 0 Å². The molecule has 25 heavy (non-hydrogen) atoms. The summed E-state index contributed by atoms with van der Waals surface area (Å²) in [7, 11) is 0. The molecule has 2 rings (SSSR count). The van der Waals surface area contributed by atoms with Gasteiger partial charge in [-0.2, -0.15) is 0 Å². The van der Waals surface area contributed by atoms with Crippen molar-refractivity contribution in [2.75, 3.05) is 0 Å². The molecule has 0 amide bonds. The first-order chi connectivity index (χ1) is 11.7. The van der Waals surface area contributed by atoms with Crippen LogP contribution in [0.25, 0.3) is 0 Å². The normalized spacial score (nSPS) is 22.8. The summed E-state index contributed by atoms with van der Waals surface area (Å²) in [5.41, 5.74) is -0.803. The van der Waals surface area contributed by atoms with E-state index in [0.717, 1.165) is 5.56 Å². The third-order valence-corrected chi connectivity index (χ3v) is 4.76. The fourth-order valence-corrected chi connectivity index (χ4v) is 3.11. The van der Waals surface area contributed by atoms with Crippen LogP contribution in [0.2, 0.25) is 0 Å². The van der Waals surface area contributed by atoms with Gasteiger partial charge in [0.15, 0.2) is 5.78 Å². The summed E-state index contributed by atoms with van der Waals surface area (Å²) in [4.78, 5) is 35.3. The van der Waals surface area contributed by atoms with Crippen LogP contribution >= 0.6 is 0 Å². The van der Waals surface area contributed by atoms with Crippen LogP contribution in [0.4, 0.5) is 4.39 Å². The summed E-state index contributed by atoms with van der Waals surface area (Å²) in [6, 6.07) is 5.68. The molecule has 132 valence electrons. The Bertz CT molecular complexity index is 776. The number of carboxylic acid groups (broad SMARTS) is 2. The summed E-state index contributed by atoms with van der Waals surface area (Å²) >= 11 is 0. The number of aryl methyl sites for hydroxylation is 1. The lowest BCUT2D eigenvalue weighted by Gasteiger charge is -2.36. The van der Waals surface area contributed by atoms with Gasteiger partial charge in [-0.25, -0.2) is 9.18 Å². The van der Waals surface area contributed by atoms with E-state index < -0.39 is 34.9 Å². The van der Waals surface area contributed by atoms with E-state index in [2.05, 4.69) is 0 Å². The summed E-state index contributed by atoms with van der Waals surface area (Å²) in [6.45, 7) is 2.80. The number of Topliss-reactive ketones (excluding diaryl/α,β-unsaturated/α-hetero) is 1. The van der Waals surface area contributed by atoms with Crippen molar-refractivity contribution in [3.8, 4) is 0 Å². The molecule has 2 unspecified atom stereocenters. The average molecular weight is 346 g/mol. The largest absolute Gasteiger partial charge is 0.481 e. The second-order valence-electron chi connectivity index (χ2n) is 6.25. The Morgan fingerprint density at radius 2 is 1.76 bits per heavy atom. The van der Waals surface area contributed by atoms with Crippen molar-refractivity contribution in [1.29, 1.82) is 0 Å². The zero-order valence-corrected chi connectivity index (χ0v) is 14.0. The standard InChI is InChI=1S/C19H19FO5/c1-11-16(17(22)23)9-14(12(2)21)10-19(11,18(24)25)8-7-13-3-5-15(20)6-4-13/h3-6,9-11H,7-8H2,1-2H3,(H,22,23)(H,24,25). The molecular formula is C19H19FO5. The van der Waals surface area contributed by atoms with Crippen LogP contribution in [0, 0.1) is 17.2 Å². The molecule has 1 aliphatic rings. The topological polar surface area (TPSA) is 91.7 Å². The Morgan fingerprint density at radius 3 is 2.24 bits per heavy atom. The Labute approximate surface area is 144 Å². The molecule has 1 aromatic carbocycles. The van der Waals surface area contributed by atoms with Crippen molar-refractivity contribution < 1.29 is 29.0 Å². The number of ketones is 1. The van der Waals surface area contributed by atoms with Crippen LogP contribution in [0.15, 0.2) is 47.6 Å². The summed E-state index contributed by atoms with van der Waals surface area (Å²) < 4.78 is 13.0. The van der Waals surface area contributed by atoms with Crippen LogP contribution in [0.5, 0.6) is 0 Å². The van der Waals surface area contributed by atoms with Crippen molar-refractivity contribution in [2.45, 2.75) is 26.7 Å². The minimum absolute atomic E-state index is 0.0806. The third kappa shape index (κ3) is 3.68. The molecule has 2 N–H and O–H groups in total. The van der Waals surface area contributed by atoms with Gasteiger partial charge in [-0.1, -0.05) is 25.1 Å². The molecule has 0 radical (unpaired) electrons. The van der Waals surface area contributed by atoms with E-state index in [1.807, 2.05) is 0 Å². The SMILES string of the molecule is CC(=O)C1=CC(CCc2ccc(F)cc2)(C(=O)O)C(C)C(C(=O)O)=C1. The fraction of sp³-hybridized carbons (Fsp3) is 0.316. The monoisotopic (exact) mass is 346 g/mol. The van der Waals surface area contributed by atoms with E-state index in [1.165, 1.54) is 38.1 Å². The lowest BCUT2D eigenvalue weighted by Crippen LogP contribution is -2.41. The maximum atomic E-state index is 13.0. The number of halogens is 1. The maximum Gasteiger partial charge on any atom is 0.331 e. The molecular weight excluding hydrogens is 327 g/mol. The molecule has 0 spiro atoms. The van der Waals surface area contributed by atoms with Crippen molar-refractivity contribution in [2.24, 2.45) is 11.3 Å². The van der Waals surface area contributed by atoms with Gasteiger partial charge in [0.25, 0.3) is 0 Å². The Morgan fingerprint density at radius 1 is 1.16 bits per heavy atom. The first-order valence-corrected chi connectivity index (χ1v) is 7.84. The molecule has 0 saturated carbocycles. The second kappa shape index (κ2) is 7.01. The van der Waals surface area contributed by atoms with Crippen LogP contribution < -0.4 is 0 Å². The van der Waals surface area contributed by atoms with E-state index >= 15 is 0 Å². The fourth-order valence-electron chi connectivity index (χ4n) is 3.11. The van der Waals surface area contributed by atoms with Crippen LogP contribution in [-0.4, -0.2) is 27.9 Å². The molecule has 0 fully saturated rings. The van der Waals surface area contributed by atoms with Crippen LogP contribution in [0.1, 0.15) is 25.8 Å². The molecule has 0 heterocycles. The zero-order chi connectivity index (χ0) is 18.8. The van der Waals surface area contributed by atoms with Gasteiger partial charge in [0.1, 0.15) is 5.82 Å². The molecule has 0 bridgehead atoms. The minimum Gasteiger partial charge on any atom is -0.481 e. The Kier molecular flexibility index (Phi) is 5.21. The highest BCUT2D eigenvalue weighted by Gasteiger charge is 2.47. The van der Waals surface area contributed by atoms with E-state index in [4.69, 9.17) is 0 Å². The van der Waals surface area contributed by atoms with Crippen LogP contribution in [0.3, 0.4) is 0 Å². The number of carboxylic acids is 2.